The Kier molecular flexibility index (Phi) is 4.49. The number of ether oxygens (including phenoxy) is 1. The number of nitrogens with one attached hydrogen (secondary N) is 1. The van der Waals surface area contributed by atoms with Gasteiger partial charge in [0.25, 0.3) is 5.91 Å². The minimum Gasteiger partial charge on any atom is -0.456 e. The summed E-state index contributed by atoms with van der Waals surface area (Å²) in [5.41, 5.74) is 0.842. The summed E-state index contributed by atoms with van der Waals surface area (Å²) in [7, 11) is 0. The van der Waals surface area contributed by atoms with E-state index in [1.807, 2.05) is 0 Å². The number of anilines is 1. The van der Waals surface area contributed by atoms with E-state index in [1.54, 1.807) is 67.0 Å². The number of halogens is 1. The normalized spacial score (nSPS) is 10.1. The number of amides is 1. The van der Waals surface area contributed by atoms with Crippen molar-refractivity contribution in [3.05, 3.63) is 77.8 Å². The maximum Gasteiger partial charge on any atom is 0.274 e. The van der Waals surface area contributed by atoms with E-state index in [9.17, 15) is 4.79 Å². The molecule has 0 bridgehead atoms. The number of nitrogens with zero attached hydrogens (tertiary/aromatic N) is 2. The molecule has 3 rings (SSSR count). The van der Waals surface area contributed by atoms with Crippen molar-refractivity contribution in [2.75, 3.05) is 5.32 Å². The van der Waals surface area contributed by atoms with Crippen LogP contribution in [0.2, 0.25) is 5.15 Å². The third-order valence-corrected chi connectivity index (χ3v) is 3.12. The van der Waals surface area contributed by atoms with Crippen molar-refractivity contribution in [3.63, 3.8) is 0 Å². The lowest BCUT2D eigenvalue weighted by atomic mass is 10.2. The van der Waals surface area contributed by atoms with Gasteiger partial charge in [0.2, 0.25) is 0 Å². The highest BCUT2D eigenvalue weighted by atomic mass is 35.5. The third kappa shape index (κ3) is 4.05. The second kappa shape index (κ2) is 6.89. The zero-order valence-electron chi connectivity index (χ0n) is 11.9. The SMILES string of the molecule is O=C(Nc1cccc(Oc2cccnc2)c1)c1cccc(Cl)n1. The molecule has 0 spiro atoms. The predicted molar refractivity (Wildman–Crippen MR) is 88.0 cm³/mol. The minimum atomic E-state index is -0.342. The molecule has 0 aliphatic carbocycles. The Bertz CT molecular complexity index is 825. The molecule has 6 heteroatoms. The predicted octanol–water partition coefficient (Wildman–Crippen LogP) is 4.17. The first kappa shape index (κ1) is 15.0. The van der Waals surface area contributed by atoms with Crippen LogP contribution in [0.1, 0.15) is 10.5 Å². The van der Waals surface area contributed by atoms with E-state index in [4.69, 9.17) is 16.3 Å². The van der Waals surface area contributed by atoms with Crippen LogP contribution >= 0.6 is 11.6 Å². The molecule has 0 aliphatic heterocycles. The third-order valence-electron chi connectivity index (χ3n) is 2.91. The van der Waals surface area contributed by atoms with Gasteiger partial charge in [-0.2, -0.15) is 0 Å². The fourth-order valence-electron chi connectivity index (χ4n) is 1.91. The van der Waals surface area contributed by atoms with Gasteiger partial charge in [-0.25, -0.2) is 4.98 Å². The average molecular weight is 326 g/mol. The van der Waals surface area contributed by atoms with Crippen LogP contribution in [0.4, 0.5) is 5.69 Å². The topological polar surface area (TPSA) is 64.1 Å². The first-order valence-electron chi connectivity index (χ1n) is 6.82. The van der Waals surface area contributed by atoms with Crippen molar-refractivity contribution in [1.29, 1.82) is 0 Å². The van der Waals surface area contributed by atoms with Crippen molar-refractivity contribution in [2.45, 2.75) is 0 Å². The lowest BCUT2D eigenvalue weighted by molar-refractivity contribution is 0.102. The van der Waals surface area contributed by atoms with Crippen LogP contribution in [0.3, 0.4) is 0 Å². The Labute approximate surface area is 137 Å². The molecular weight excluding hydrogens is 314 g/mol. The summed E-state index contributed by atoms with van der Waals surface area (Å²) in [5, 5.41) is 3.03. The van der Waals surface area contributed by atoms with Crippen LogP contribution in [0.25, 0.3) is 0 Å². The molecule has 0 saturated carbocycles. The average Bonchev–Trinajstić information content (AvgIpc) is 2.56. The maximum absolute atomic E-state index is 12.2. The van der Waals surface area contributed by atoms with Crippen LogP contribution in [-0.4, -0.2) is 15.9 Å². The van der Waals surface area contributed by atoms with Gasteiger partial charge in [0, 0.05) is 18.0 Å². The molecule has 1 N–H and O–H groups in total. The van der Waals surface area contributed by atoms with Gasteiger partial charge in [-0.1, -0.05) is 23.7 Å². The Balaban J connectivity index is 1.74. The first-order valence-corrected chi connectivity index (χ1v) is 7.20. The number of aromatic nitrogens is 2. The molecule has 1 aromatic carbocycles. The standard InChI is InChI=1S/C17H12ClN3O2/c18-16-8-2-7-15(21-16)17(22)20-12-4-1-5-13(10-12)23-14-6-3-9-19-11-14/h1-11H,(H,20,22). The summed E-state index contributed by atoms with van der Waals surface area (Å²) in [4.78, 5) is 20.1. The summed E-state index contributed by atoms with van der Waals surface area (Å²) in [6, 6.07) is 15.5. The van der Waals surface area contributed by atoms with E-state index in [-0.39, 0.29) is 16.8 Å². The fraction of sp³-hybridized carbons (Fsp3) is 0. The quantitative estimate of drug-likeness (QED) is 0.731. The lowest BCUT2D eigenvalue weighted by Crippen LogP contribution is -2.13. The minimum absolute atomic E-state index is 0.246. The van der Waals surface area contributed by atoms with Gasteiger partial charge < -0.3 is 10.1 Å². The summed E-state index contributed by atoms with van der Waals surface area (Å²) in [6.07, 6.45) is 3.28. The van der Waals surface area contributed by atoms with Crippen molar-refractivity contribution in [2.24, 2.45) is 0 Å². The largest absolute Gasteiger partial charge is 0.456 e. The second-order valence-corrected chi connectivity index (χ2v) is 5.01. The molecule has 2 aromatic heterocycles. The Morgan fingerprint density at radius 1 is 1.04 bits per heavy atom. The van der Waals surface area contributed by atoms with Crippen molar-refractivity contribution >= 4 is 23.2 Å². The van der Waals surface area contributed by atoms with Gasteiger partial charge in [-0.3, -0.25) is 9.78 Å². The summed E-state index contributed by atoms with van der Waals surface area (Å²) >= 11 is 5.79. The van der Waals surface area contributed by atoms with E-state index in [2.05, 4.69) is 15.3 Å². The van der Waals surface area contributed by atoms with Gasteiger partial charge in [0.1, 0.15) is 22.3 Å². The number of rotatable bonds is 4. The van der Waals surface area contributed by atoms with Gasteiger partial charge in [0.05, 0.1) is 6.20 Å². The molecule has 23 heavy (non-hydrogen) atoms. The Morgan fingerprint density at radius 2 is 1.87 bits per heavy atom. The number of pyridine rings is 2. The molecule has 0 unspecified atom stereocenters. The second-order valence-electron chi connectivity index (χ2n) is 4.62. The van der Waals surface area contributed by atoms with E-state index in [0.29, 0.717) is 17.2 Å². The van der Waals surface area contributed by atoms with Gasteiger partial charge in [0.15, 0.2) is 0 Å². The zero-order valence-corrected chi connectivity index (χ0v) is 12.7. The molecule has 5 nitrogen and oxygen atoms in total. The van der Waals surface area contributed by atoms with Crippen LogP contribution in [-0.2, 0) is 0 Å². The van der Waals surface area contributed by atoms with Crippen LogP contribution in [0.15, 0.2) is 67.0 Å². The van der Waals surface area contributed by atoms with Gasteiger partial charge >= 0.3 is 0 Å². The Hall–Kier alpha value is -2.92. The van der Waals surface area contributed by atoms with Crippen LogP contribution in [0.5, 0.6) is 11.5 Å². The van der Waals surface area contributed by atoms with E-state index < -0.39 is 0 Å². The van der Waals surface area contributed by atoms with E-state index in [1.165, 1.54) is 0 Å². The van der Waals surface area contributed by atoms with Crippen molar-refractivity contribution < 1.29 is 9.53 Å². The highest BCUT2D eigenvalue weighted by molar-refractivity contribution is 6.29. The molecule has 0 saturated heterocycles. The number of hydrogen-bond acceptors (Lipinski definition) is 4. The van der Waals surface area contributed by atoms with E-state index in [0.717, 1.165) is 0 Å². The molecule has 0 radical (unpaired) electrons. The first-order chi connectivity index (χ1) is 11.2. The highest BCUT2D eigenvalue weighted by Crippen LogP contribution is 2.23. The molecule has 0 atom stereocenters. The number of carbonyl (C=O) groups excluding carboxylic acids is 1. The number of benzene rings is 1. The van der Waals surface area contributed by atoms with Crippen LogP contribution < -0.4 is 10.1 Å². The lowest BCUT2D eigenvalue weighted by Gasteiger charge is -2.08. The molecule has 1 amide bonds. The van der Waals surface area contributed by atoms with E-state index >= 15 is 0 Å². The molecular formula is C17H12ClN3O2. The fourth-order valence-corrected chi connectivity index (χ4v) is 2.07. The molecule has 0 fully saturated rings. The monoisotopic (exact) mass is 325 g/mol. The molecule has 0 aliphatic rings. The summed E-state index contributed by atoms with van der Waals surface area (Å²) in [6.45, 7) is 0. The number of hydrogen-bond donors (Lipinski definition) is 1. The number of carbonyl (C=O) groups is 1. The Morgan fingerprint density at radius 3 is 2.65 bits per heavy atom. The zero-order chi connectivity index (χ0) is 16.1. The summed E-state index contributed by atoms with van der Waals surface area (Å²) in [5.74, 6) is 0.869. The molecule has 2 heterocycles. The highest BCUT2D eigenvalue weighted by Gasteiger charge is 2.08. The van der Waals surface area contributed by atoms with Gasteiger partial charge in [-0.15, -0.1) is 0 Å². The molecule has 3 aromatic rings. The van der Waals surface area contributed by atoms with Crippen molar-refractivity contribution in [1.82, 2.24) is 9.97 Å². The van der Waals surface area contributed by atoms with Crippen molar-refractivity contribution in [3.8, 4) is 11.5 Å². The van der Waals surface area contributed by atoms with Crippen LogP contribution in [0, 0.1) is 0 Å². The summed E-state index contributed by atoms with van der Waals surface area (Å²) < 4.78 is 5.67. The smallest absolute Gasteiger partial charge is 0.274 e. The molecule has 114 valence electrons. The van der Waals surface area contributed by atoms with Gasteiger partial charge in [-0.05, 0) is 36.4 Å². The maximum atomic E-state index is 12.2.